The van der Waals surface area contributed by atoms with Crippen LogP contribution in [0.1, 0.15) is 19.4 Å². The zero-order valence-electron chi connectivity index (χ0n) is 15.3. The topological polar surface area (TPSA) is 46.4 Å². The van der Waals surface area contributed by atoms with E-state index in [0.717, 1.165) is 12.1 Å². The summed E-state index contributed by atoms with van der Waals surface area (Å²) in [6, 6.07) is 4.26. The maximum atomic E-state index is 13.7. The molecule has 0 atom stereocenters. The highest BCUT2D eigenvalue weighted by atomic mass is 32.1. The number of hydrogen-bond acceptors (Lipinski definition) is 6. The molecule has 0 aliphatic heterocycles. The van der Waals surface area contributed by atoms with Gasteiger partial charge >= 0.3 is 0 Å². The molecule has 1 aromatic rings. The quantitative estimate of drug-likeness (QED) is 0.298. The highest BCUT2D eigenvalue weighted by Crippen LogP contribution is 2.26. The van der Waals surface area contributed by atoms with Gasteiger partial charge in [0, 0.05) is 29.8 Å². The van der Waals surface area contributed by atoms with E-state index in [1.807, 2.05) is 32.8 Å². The summed E-state index contributed by atoms with van der Waals surface area (Å²) in [7, 11) is 3.96. The molecule has 0 aliphatic rings. The number of thiol groups is 1. The number of nitrogens with zero attached hydrogens (tertiary/aromatic N) is 3. The standard InChI is InChI=1S/C18H26FN3O2S/c1-13(2)18(25)17(21-20-3)15-7-6-14(19)12-16(15)24-11-10-23-9-8-22(4)5/h6-7,12,25H,3,8-11H2,1-2,4-5H3/b21-17-. The summed E-state index contributed by atoms with van der Waals surface area (Å²) in [6.45, 7) is 9.35. The van der Waals surface area contributed by atoms with Crippen LogP contribution in [0.25, 0.3) is 0 Å². The van der Waals surface area contributed by atoms with Crippen molar-refractivity contribution in [2.45, 2.75) is 13.8 Å². The molecule has 0 saturated carbocycles. The SMILES string of the molecule is C=N/N=C(\C(S)=C(C)C)c1ccc(F)cc1OCCOCCN(C)C. The van der Waals surface area contributed by atoms with Crippen molar-refractivity contribution in [1.82, 2.24) is 4.90 Å². The van der Waals surface area contributed by atoms with E-state index in [9.17, 15) is 4.39 Å². The van der Waals surface area contributed by atoms with Gasteiger partial charge in [0.15, 0.2) is 0 Å². The lowest BCUT2D eigenvalue weighted by atomic mass is 10.1. The maximum Gasteiger partial charge on any atom is 0.131 e. The molecule has 0 spiro atoms. The zero-order chi connectivity index (χ0) is 18.8. The Morgan fingerprint density at radius 2 is 1.96 bits per heavy atom. The van der Waals surface area contributed by atoms with Crippen molar-refractivity contribution in [1.29, 1.82) is 0 Å². The predicted octanol–water partition coefficient (Wildman–Crippen LogP) is 3.41. The molecule has 0 amide bonds. The molecule has 0 aliphatic carbocycles. The molecule has 5 nitrogen and oxygen atoms in total. The molecule has 1 rings (SSSR count). The first kappa shape index (κ1) is 21.3. The fourth-order valence-corrected chi connectivity index (χ4v) is 2.07. The van der Waals surface area contributed by atoms with Gasteiger partial charge in [-0.3, -0.25) is 0 Å². The second kappa shape index (κ2) is 11.0. The Kier molecular flexibility index (Phi) is 9.41. The molecule has 0 aromatic heterocycles. The minimum atomic E-state index is -0.392. The van der Waals surface area contributed by atoms with Crippen LogP contribution in [-0.4, -0.2) is 57.8 Å². The summed E-state index contributed by atoms with van der Waals surface area (Å²) in [5.74, 6) is -0.0255. The molecule has 0 radical (unpaired) electrons. The fourth-order valence-electron chi connectivity index (χ4n) is 1.91. The third kappa shape index (κ3) is 7.37. The lowest BCUT2D eigenvalue weighted by molar-refractivity contribution is 0.0888. The van der Waals surface area contributed by atoms with Gasteiger partial charge in [-0.05, 0) is 40.1 Å². The lowest BCUT2D eigenvalue weighted by Crippen LogP contribution is -2.19. The monoisotopic (exact) mass is 367 g/mol. The Morgan fingerprint density at radius 1 is 1.24 bits per heavy atom. The van der Waals surface area contributed by atoms with Gasteiger partial charge in [-0.2, -0.15) is 5.10 Å². The third-order valence-electron chi connectivity index (χ3n) is 3.24. The van der Waals surface area contributed by atoms with Crippen LogP contribution in [-0.2, 0) is 4.74 Å². The van der Waals surface area contributed by atoms with E-state index in [4.69, 9.17) is 9.47 Å². The molecule has 1 aromatic carbocycles. The van der Waals surface area contributed by atoms with Crippen molar-refractivity contribution in [2.24, 2.45) is 10.2 Å². The molecule has 0 saturated heterocycles. The number of likely N-dealkylation sites (N-methyl/N-ethyl adjacent to an activating group) is 1. The van der Waals surface area contributed by atoms with Gasteiger partial charge in [-0.15, -0.1) is 17.7 Å². The van der Waals surface area contributed by atoms with E-state index in [1.54, 1.807) is 6.07 Å². The molecule has 0 N–H and O–H groups in total. The highest BCUT2D eigenvalue weighted by Gasteiger charge is 2.15. The lowest BCUT2D eigenvalue weighted by Gasteiger charge is -2.14. The number of rotatable bonds is 10. The minimum Gasteiger partial charge on any atom is -0.490 e. The van der Waals surface area contributed by atoms with Crippen molar-refractivity contribution in [3.63, 3.8) is 0 Å². The highest BCUT2D eigenvalue weighted by molar-refractivity contribution is 7.85. The average molecular weight is 367 g/mol. The Bertz CT molecular complexity index is 641. The summed E-state index contributed by atoms with van der Waals surface area (Å²) in [4.78, 5) is 2.68. The summed E-state index contributed by atoms with van der Waals surface area (Å²) < 4.78 is 24.8. The third-order valence-corrected chi connectivity index (χ3v) is 3.89. The van der Waals surface area contributed by atoms with E-state index in [2.05, 4.69) is 29.5 Å². The van der Waals surface area contributed by atoms with Crippen molar-refractivity contribution in [3.05, 3.63) is 40.1 Å². The molecule has 0 fully saturated rings. The molecule has 0 unspecified atom stereocenters. The summed E-state index contributed by atoms with van der Waals surface area (Å²) in [5, 5.41) is 7.63. The van der Waals surface area contributed by atoms with Crippen LogP contribution >= 0.6 is 12.6 Å². The van der Waals surface area contributed by atoms with Crippen LogP contribution in [0.2, 0.25) is 0 Å². The van der Waals surface area contributed by atoms with Crippen LogP contribution < -0.4 is 4.74 Å². The van der Waals surface area contributed by atoms with Gasteiger partial charge in [0.1, 0.15) is 23.9 Å². The number of halogens is 1. The molecule has 25 heavy (non-hydrogen) atoms. The Hall–Kier alpha value is -1.70. The van der Waals surface area contributed by atoms with Crippen LogP contribution in [0.5, 0.6) is 5.75 Å². The van der Waals surface area contributed by atoms with E-state index in [1.165, 1.54) is 12.1 Å². The summed E-state index contributed by atoms with van der Waals surface area (Å²) in [6.07, 6.45) is 0. The first-order valence-corrected chi connectivity index (χ1v) is 8.37. The summed E-state index contributed by atoms with van der Waals surface area (Å²) >= 11 is 4.48. The van der Waals surface area contributed by atoms with E-state index >= 15 is 0 Å². The van der Waals surface area contributed by atoms with Crippen LogP contribution in [0.15, 0.2) is 38.9 Å². The molecular formula is C18H26FN3O2S. The Balaban J connectivity index is 2.90. The predicted molar refractivity (Wildman–Crippen MR) is 105 cm³/mol. The van der Waals surface area contributed by atoms with Crippen molar-refractivity contribution in [3.8, 4) is 5.75 Å². The number of allylic oxidation sites excluding steroid dienone is 2. The van der Waals surface area contributed by atoms with Crippen LogP contribution in [0, 0.1) is 5.82 Å². The van der Waals surface area contributed by atoms with E-state index in [0.29, 0.717) is 41.8 Å². The second-order valence-corrected chi connectivity index (χ2v) is 6.29. The van der Waals surface area contributed by atoms with E-state index in [-0.39, 0.29) is 0 Å². The minimum absolute atomic E-state index is 0.301. The van der Waals surface area contributed by atoms with Crippen molar-refractivity contribution in [2.75, 3.05) is 40.5 Å². The molecule has 0 heterocycles. The van der Waals surface area contributed by atoms with Gasteiger partial charge in [0.05, 0.1) is 13.2 Å². The van der Waals surface area contributed by atoms with Gasteiger partial charge in [0.25, 0.3) is 0 Å². The Morgan fingerprint density at radius 3 is 2.56 bits per heavy atom. The van der Waals surface area contributed by atoms with Gasteiger partial charge in [-0.1, -0.05) is 5.57 Å². The molecular weight excluding hydrogens is 341 g/mol. The van der Waals surface area contributed by atoms with Gasteiger partial charge in [0.2, 0.25) is 0 Å². The number of ether oxygens (including phenoxy) is 2. The molecule has 0 bridgehead atoms. The van der Waals surface area contributed by atoms with Crippen molar-refractivity contribution < 1.29 is 13.9 Å². The number of benzene rings is 1. The van der Waals surface area contributed by atoms with Gasteiger partial charge < -0.3 is 14.4 Å². The zero-order valence-corrected chi connectivity index (χ0v) is 16.1. The second-order valence-electron chi connectivity index (χ2n) is 5.84. The first-order chi connectivity index (χ1) is 11.9. The molecule has 138 valence electrons. The number of hydrogen-bond donors (Lipinski definition) is 1. The molecule has 7 heteroatoms. The van der Waals surface area contributed by atoms with Gasteiger partial charge in [-0.25, -0.2) is 4.39 Å². The first-order valence-electron chi connectivity index (χ1n) is 7.92. The largest absolute Gasteiger partial charge is 0.490 e. The summed E-state index contributed by atoms with van der Waals surface area (Å²) in [5.41, 5.74) is 2.04. The van der Waals surface area contributed by atoms with E-state index < -0.39 is 5.82 Å². The fraction of sp³-hybridized carbons (Fsp3) is 0.444. The van der Waals surface area contributed by atoms with Crippen LogP contribution in [0.4, 0.5) is 4.39 Å². The normalized spacial score (nSPS) is 11.6. The van der Waals surface area contributed by atoms with Crippen LogP contribution in [0.3, 0.4) is 0 Å². The Labute approximate surface area is 154 Å². The average Bonchev–Trinajstić information content (AvgIpc) is 2.55. The maximum absolute atomic E-state index is 13.7. The van der Waals surface area contributed by atoms with Crippen molar-refractivity contribution >= 4 is 25.1 Å². The smallest absolute Gasteiger partial charge is 0.131 e.